The SMILES string of the molecule is CNCCN(C)C(=O)Nc1cccc(C(F)(F)F)c1. The molecule has 0 aliphatic rings. The molecule has 1 rings (SSSR count). The van der Waals surface area contributed by atoms with Gasteiger partial charge in [-0.05, 0) is 25.2 Å². The van der Waals surface area contributed by atoms with Gasteiger partial charge in [-0.3, -0.25) is 0 Å². The Morgan fingerprint density at radius 2 is 2.05 bits per heavy atom. The topological polar surface area (TPSA) is 44.4 Å². The van der Waals surface area contributed by atoms with E-state index >= 15 is 0 Å². The second kappa shape index (κ2) is 6.42. The van der Waals surface area contributed by atoms with Gasteiger partial charge in [-0.15, -0.1) is 0 Å². The van der Waals surface area contributed by atoms with Crippen molar-refractivity contribution in [2.75, 3.05) is 32.5 Å². The third-order valence-electron chi connectivity index (χ3n) is 2.49. The first kappa shape index (κ1) is 15.3. The number of likely N-dealkylation sites (N-methyl/N-ethyl adjacent to an activating group) is 2. The summed E-state index contributed by atoms with van der Waals surface area (Å²) in [4.78, 5) is 13.1. The van der Waals surface area contributed by atoms with E-state index in [0.717, 1.165) is 12.1 Å². The van der Waals surface area contributed by atoms with E-state index < -0.39 is 17.8 Å². The molecule has 19 heavy (non-hydrogen) atoms. The van der Waals surface area contributed by atoms with Crippen molar-refractivity contribution in [3.63, 3.8) is 0 Å². The molecule has 0 heterocycles. The van der Waals surface area contributed by atoms with Gasteiger partial charge in [0.05, 0.1) is 5.56 Å². The zero-order chi connectivity index (χ0) is 14.5. The van der Waals surface area contributed by atoms with Crippen LogP contribution in [0.25, 0.3) is 0 Å². The smallest absolute Gasteiger partial charge is 0.326 e. The minimum absolute atomic E-state index is 0.121. The molecule has 1 aromatic rings. The number of amides is 2. The molecule has 1 aromatic carbocycles. The van der Waals surface area contributed by atoms with Crippen molar-refractivity contribution < 1.29 is 18.0 Å². The summed E-state index contributed by atoms with van der Waals surface area (Å²) in [6, 6.07) is 4.09. The molecule has 0 unspecified atom stereocenters. The summed E-state index contributed by atoms with van der Waals surface area (Å²) in [6.45, 7) is 1.06. The number of carbonyl (C=O) groups is 1. The van der Waals surface area contributed by atoms with Crippen LogP contribution >= 0.6 is 0 Å². The lowest BCUT2D eigenvalue weighted by Gasteiger charge is -2.18. The lowest BCUT2D eigenvalue weighted by atomic mass is 10.2. The summed E-state index contributed by atoms with van der Waals surface area (Å²) in [7, 11) is 3.32. The summed E-state index contributed by atoms with van der Waals surface area (Å²) in [5, 5.41) is 5.30. The van der Waals surface area contributed by atoms with E-state index in [-0.39, 0.29) is 5.69 Å². The van der Waals surface area contributed by atoms with Crippen LogP contribution in [-0.4, -0.2) is 38.1 Å². The van der Waals surface area contributed by atoms with E-state index in [2.05, 4.69) is 10.6 Å². The number of rotatable bonds is 4. The highest BCUT2D eigenvalue weighted by molar-refractivity contribution is 5.89. The Morgan fingerprint density at radius 1 is 1.37 bits per heavy atom. The Kier molecular flexibility index (Phi) is 5.17. The molecule has 0 radical (unpaired) electrons. The molecule has 4 nitrogen and oxygen atoms in total. The summed E-state index contributed by atoms with van der Waals surface area (Å²) >= 11 is 0. The first-order chi connectivity index (χ1) is 8.84. The van der Waals surface area contributed by atoms with E-state index in [4.69, 9.17) is 0 Å². The summed E-state index contributed by atoms with van der Waals surface area (Å²) < 4.78 is 37.5. The number of urea groups is 1. The van der Waals surface area contributed by atoms with E-state index in [0.29, 0.717) is 13.1 Å². The largest absolute Gasteiger partial charge is 0.416 e. The van der Waals surface area contributed by atoms with Gasteiger partial charge in [0.2, 0.25) is 0 Å². The average molecular weight is 275 g/mol. The van der Waals surface area contributed by atoms with Gasteiger partial charge in [0.25, 0.3) is 0 Å². The monoisotopic (exact) mass is 275 g/mol. The predicted octanol–water partition coefficient (Wildman–Crippen LogP) is 2.39. The van der Waals surface area contributed by atoms with Crippen molar-refractivity contribution in [1.29, 1.82) is 0 Å². The van der Waals surface area contributed by atoms with E-state index in [9.17, 15) is 18.0 Å². The number of hydrogen-bond donors (Lipinski definition) is 2. The fraction of sp³-hybridized carbons (Fsp3) is 0.417. The summed E-state index contributed by atoms with van der Waals surface area (Å²) in [5.41, 5.74) is -0.667. The molecule has 2 N–H and O–H groups in total. The molecular formula is C12H16F3N3O. The Morgan fingerprint density at radius 3 is 2.63 bits per heavy atom. The second-order valence-corrected chi connectivity index (χ2v) is 4.03. The highest BCUT2D eigenvalue weighted by Crippen LogP contribution is 2.30. The first-order valence-electron chi connectivity index (χ1n) is 5.68. The first-order valence-corrected chi connectivity index (χ1v) is 5.68. The number of halogens is 3. The standard InChI is InChI=1S/C12H16F3N3O/c1-16-6-7-18(2)11(19)17-10-5-3-4-9(8-10)12(13,14)15/h3-5,8,16H,6-7H2,1-2H3,(H,17,19). The lowest BCUT2D eigenvalue weighted by molar-refractivity contribution is -0.137. The minimum atomic E-state index is -4.42. The number of carbonyl (C=O) groups excluding carboxylic acids is 1. The normalized spacial score (nSPS) is 11.2. The van der Waals surface area contributed by atoms with Gasteiger partial charge in [0, 0.05) is 25.8 Å². The minimum Gasteiger partial charge on any atom is -0.326 e. The number of benzene rings is 1. The molecule has 7 heteroatoms. The average Bonchev–Trinajstić information content (AvgIpc) is 2.35. The van der Waals surface area contributed by atoms with Crippen LogP contribution in [0.4, 0.5) is 23.7 Å². The quantitative estimate of drug-likeness (QED) is 0.886. The molecule has 0 aliphatic heterocycles. The van der Waals surface area contributed by atoms with Gasteiger partial charge in [0.1, 0.15) is 0 Å². The van der Waals surface area contributed by atoms with E-state index in [1.807, 2.05) is 0 Å². The molecule has 0 aromatic heterocycles. The van der Waals surface area contributed by atoms with Crippen LogP contribution in [0.2, 0.25) is 0 Å². The van der Waals surface area contributed by atoms with Crippen LogP contribution < -0.4 is 10.6 Å². The number of alkyl halides is 3. The van der Waals surface area contributed by atoms with Gasteiger partial charge in [-0.25, -0.2) is 4.79 Å². The van der Waals surface area contributed by atoms with Crippen molar-refractivity contribution >= 4 is 11.7 Å². The highest BCUT2D eigenvalue weighted by atomic mass is 19.4. The highest BCUT2D eigenvalue weighted by Gasteiger charge is 2.30. The fourth-order valence-corrected chi connectivity index (χ4v) is 1.37. The Labute approximate surface area is 109 Å². The zero-order valence-corrected chi connectivity index (χ0v) is 10.7. The lowest BCUT2D eigenvalue weighted by Crippen LogP contribution is -2.35. The Bertz CT molecular complexity index is 434. The number of anilines is 1. The van der Waals surface area contributed by atoms with Crippen molar-refractivity contribution in [2.24, 2.45) is 0 Å². The maximum absolute atomic E-state index is 12.5. The zero-order valence-electron chi connectivity index (χ0n) is 10.7. The van der Waals surface area contributed by atoms with Crippen molar-refractivity contribution in [3.05, 3.63) is 29.8 Å². The number of hydrogen-bond acceptors (Lipinski definition) is 2. The molecule has 0 atom stereocenters. The van der Waals surface area contributed by atoms with Gasteiger partial charge in [-0.2, -0.15) is 13.2 Å². The second-order valence-electron chi connectivity index (χ2n) is 4.03. The van der Waals surface area contributed by atoms with E-state index in [1.165, 1.54) is 17.0 Å². The van der Waals surface area contributed by atoms with E-state index in [1.54, 1.807) is 14.1 Å². The Balaban J connectivity index is 2.69. The summed E-state index contributed by atoms with van der Waals surface area (Å²) in [6.07, 6.45) is -4.42. The summed E-state index contributed by atoms with van der Waals surface area (Å²) in [5.74, 6) is 0. The molecule has 0 aliphatic carbocycles. The maximum Gasteiger partial charge on any atom is 0.416 e. The molecular weight excluding hydrogens is 259 g/mol. The van der Waals surface area contributed by atoms with Crippen LogP contribution in [0.3, 0.4) is 0 Å². The van der Waals surface area contributed by atoms with Crippen molar-refractivity contribution in [1.82, 2.24) is 10.2 Å². The van der Waals surface area contributed by atoms with Crippen LogP contribution in [0.15, 0.2) is 24.3 Å². The van der Waals surface area contributed by atoms with Gasteiger partial charge < -0.3 is 15.5 Å². The maximum atomic E-state index is 12.5. The van der Waals surface area contributed by atoms with Crippen molar-refractivity contribution in [2.45, 2.75) is 6.18 Å². The van der Waals surface area contributed by atoms with Crippen LogP contribution in [-0.2, 0) is 6.18 Å². The molecule has 0 saturated heterocycles. The fourth-order valence-electron chi connectivity index (χ4n) is 1.37. The van der Waals surface area contributed by atoms with Gasteiger partial charge >= 0.3 is 12.2 Å². The Hall–Kier alpha value is -1.76. The molecule has 0 bridgehead atoms. The third kappa shape index (κ3) is 4.78. The van der Waals surface area contributed by atoms with Crippen LogP contribution in [0.1, 0.15) is 5.56 Å². The van der Waals surface area contributed by atoms with Crippen LogP contribution in [0.5, 0.6) is 0 Å². The molecule has 0 saturated carbocycles. The molecule has 2 amide bonds. The number of nitrogens with zero attached hydrogens (tertiary/aromatic N) is 1. The number of nitrogens with one attached hydrogen (secondary N) is 2. The molecule has 0 fully saturated rings. The third-order valence-corrected chi connectivity index (χ3v) is 2.49. The van der Waals surface area contributed by atoms with Crippen LogP contribution in [0, 0.1) is 0 Å². The van der Waals surface area contributed by atoms with Crippen molar-refractivity contribution in [3.8, 4) is 0 Å². The predicted molar refractivity (Wildman–Crippen MR) is 67.0 cm³/mol. The van der Waals surface area contributed by atoms with Gasteiger partial charge in [0.15, 0.2) is 0 Å². The molecule has 0 spiro atoms. The van der Waals surface area contributed by atoms with Gasteiger partial charge in [-0.1, -0.05) is 6.07 Å². The molecule has 106 valence electrons.